The molecule has 1 amide bonds. The van der Waals surface area contributed by atoms with Crippen molar-refractivity contribution in [1.82, 2.24) is 4.90 Å². The van der Waals surface area contributed by atoms with Crippen LogP contribution in [0, 0.1) is 5.41 Å². The van der Waals surface area contributed by atoms with Crippen LogP contribution in [0.1, 0.15) is 19.8 Å². The maximum absolute atomic E-state index is 11.5. The van der Waals surface area contributed by atoms with Gasteiger partial charge in [0.05, 0.1) is 5.41 Å². The van der Waals surface area contributed by atoms with E-state index in [0.717, 1.165) is 6.42 Å². The molecular weight excluding hydrogens is 198 g/mol. The average Bonchev–Trinajstić information content (AvgIpc) is 2.18. The van der Waals surface area contributed by atoms with Crippen molar-refractivity contribution in [3.63, 3.8) is 0 Å². The number of hydrogen-bond acceptors (Lipinski definition) is 3. The number of carboxylic acid groups (broad SMARTS) is 1. The molecule has 1 saturated heterocycles. The van der Waals surface area contributed by atoms with Crippen LogP contribution < -0.4 is 0 Å². The second kappa shape index (κ2) is 4.61. The summed E-state index contributed by atoms with van der Waals surface area (Å²) in [7, 11) is 1.46. The number of ether oxygens (including phenoxy) is 1. The largest absolute Gasteiger partial charge is 0.481 e. The molecule has 15 heavy (non-hydrogen) atoms. The molecule has 1 fully saturated rings. The van der Waals surface area contributed by atoms with Crippen molar-refractivity contribution < 1.29 is 19.4 Å². The Balaban J connectivity index is 2.63. The summed E-state index contributed by atoms with van der Waals surface area (Å²) in [6.07, 6.45) is 1.36. The fourth-order valence-electron chi connectivity index (χ4n) is 1.84. The Morgan fingerprint density at radius 3 is 2.73 bits per heavy atom. The molecule has 1 N–H and O–H groups in total. The van der Waals surface area contributed by atoms with E-state index in [9.17, 15) is 9.59 Å². The van der Waals surface area contributed by atoms with Gasteiger partial charge >= 0.3 is 5.97 Å². The predicted molar refractivity (Wildman–Crippen MR) is 53.4 cm³/mol. The number of amides is 1. The highest BCUT2D eigenvalue weighted by atomic mass is 16.5. The quantitative estimate of drug-likeness (QED) is 0.737. The number of aliphatic carboxylic acids is 1. The second-order valence-corrected chi connectivity index (χ2v) is 4.22. The molecule has 0 aliphatic carbocycles. The number of carbonyl (C=O) groups is 2. The molecule has 1 rings (SSSR count). The molecule has 0 aromatic rings. The van der Waals surface area contributed by atoms with Crippen molar-refractivity contribution in [3.8, 4) is 0 Å². The van der Waals surface area contributed by atoms with E-state index in [-0.39, 0.29) is 19.1 Å². The van der Waals surface area contributed by atoms with Crippen LogP contribution in [0.3, 0.4) is 0 Å². The summed E-state index contributed by atoms with van der Waals surface area (Å²) in [5.41, 5.74) is -0.804. The minimum Gasteiger partial charge on any atom is -0.481 e. The molecule has 0 radical (unpaired) electrons. The van der Waals surface area contributed by atoms with Crippen molar-refractivity contribution in [3.05, 3.63) is 0 Å². The zero-order valence-electron chi connectivity index (χ0n) is 9.15. The summed E-state index contributed by atoms with van der Waals surface area (Å²) in [6.45, 7) is 2.62. The zero-order valence-corrected chi connectivity index (χ0v) is 9.15. The Hall–Kier alpha value is -1.10. The molecule has 0 bridgehead atoms. The van der Waals surface area contributed by atoms with Crippen molar-refractivity contribution in [2.45, 2.75) is 19.8 Å². The molecule has 0 saturated carbocycles. The first kappa shape index (κ1) is 12.0. The van der Waals surface area contributed by atoms with Gasteiger partial charge in [0.2, 0.25) is 5.91 Å². The van der Waals surface area contributed by atoms with Crippen LogP contribution in [-0.2, 0) is 14.3 Å². The summed E-state index contributed by atoms with van der Waals surface area (Å²) in [4.78, 5) is 24.1. The van der Waals surface area contributed by atoms with Crippen LogP contribution in [-0.4, -0.2) is 48.7 Å². The van der Waals surface area contributed by atoms with Gasteiger partial charge in [0, 0.05) is 20.2 Å². The summed E-state index contributed by atoms with van der Waals surface area (Å²) in [5, 5.41) is 9.06. The van der Waals surface area contributed by atoms with Gasteiger partial charge in [-0.1, -0.05) is 0 Å². The minimum atomic E-state index is -0.836. The maximum atomic E-state index is 11.5. The number of nitrogens with zero attached hydrogens (tertiary/aromatic N) is 1. The van der Waals surface area contributed by atoms with Crippen LogP contribution in [0.4, 0.5) is 0 Å². The van der Waals surface area contributed by atoms with Gasteiger partial charge in [-0.25, -0.2) is 0 Å². The molecule has 5 heteroatoms. The first-order valence-electron chi connectivity index (χ1n) is 5.00. The molecule has 0 unspecified atom stereocenters. The van der Waals surface area contributed by atoms with Crippen molar-refractivity contribution in [2.75, 3.05) is 26.8 Å². The van der Waals surface area contributed by atoms with Gasteiger partial charge in [0.1, 0.15) is 6.61 Å². The zero-order chi connectivity index (χ0) is 11.5. The first-order chi connectivity index (χ1) is 6.99. The third-order valence-corrected chi connectivity index (χ3v) is 2.83. The van der Waals surface area contributed by atoms with Crippen LogP contribution in [0.15, 0.2) is 0 Å². The van der Waals surface area contributed by atoms with Gasteiger partial charge in [-0.15, -0.1) is 0 Å². The molecule has 1 atom stereocenters. The summed E-state index contributed by atoms with van der Waals surface area (Å²) >= 11 is 0. The van der Waals surface area contributed by atoms with Gasteiger partial charge in [-0.2, -0.15) is 0 Å². The van der Waals surface area contributed by atoms with Crippen LogP contribution in [0.5, 0.6) is 0 Å². The Morgan fingerprint density at radius 2 is 2.20 bits per heavy atom. The molecule has 1 aliphatic rings. The number of methoxy groups -OCH3 is 1. The molecular formula is C10H17NO4. The molecule has 0 spiro atoms. The van der Waals surface area contributed by atoms with Crippen molar-refractivity contribution >= 4 is 11.9 Å². The monoisotopic (exact) mass is 215 g/mol. The normalized spacial score (nSPS) is 26.4. The molecule has 0 aromatic heterocycles. The highest BCUT2D eigenvalue weighted by Gasteiger charge is 2.39. The Kier molecular flexibility index (Phi) is 3.68. The van der Waals surface area contributed by atoms with Gasteiger partial charge in [0.15, 0.2) is 0 Å². The number of hydrogen-bond donors (Lipinski definition) is 1. The van der Waals surface area contributed by atoms with Gasteiger partial charge in [-0.05, 0) is 19.8 Å². The number of carboxylic acids is 1. The number of likely N-dealkylation sites (tertiary alicyclic amines) is 1. The highest BCUT2D eigenvalue weighted by molar-refractivity contribution is 5.80. The molecule has 1 aliphatic heterocycles. The summed E-state index contributed by atoms with van der Waals surface area (Å²) in [5.74, 6) is -0.970. The van der Waals surface area contributed by atoms with E-state index in [2.05, 4.69) is 0 Å². The van der Waals surface area contributed by atoms with E-state index in [1.807, 2.05) is 0 Å². The fourth-order valence-corrected chi connectivity index (χ4v) is 1.84. The van der Waals surface area contributed by atoms with E-state index in [1.165, 1.54) is 7.11 Å². The number of carbonyl (C=O) groups excluding carboxylic acids is 1. The van der Waals surface area contributed by atoms with E-state index >= 15 is 0 Å². The first-order valence-corrected chi connectivity index (χ1v) is 5.00. The summed E-state index contributed by atoms with van der Waals surface area (Å²) < 4.78 is 4.75. The Labute approximate surface area is 89.0 Å². The lowest BCUT2D eigenvalue weighted by Crippen LogP contribution is -2.49. The third kappa shape index (κ3) is 2.68. The van der Waals surface area contributed by atoms with Gasteiger partial charge in [0.25, 0.3) is 0 Å². The van der Waals surface area contributed by atoms with Crippen molar-refractivity contribution in [2.24, 2.45) is 5.41 Å². The SMILES string of the molecule is COCC(=O)N1CCC[C@](C)(C(=O)O)C1. The fraction of sp³-hybridized carbons (Fsp3) is 0.800. The van der Waals surface area contributed by atoms with Gasteiger partial charge in [-0.3, -0.25) is 9.59 Å². The lowest BCUT2D eigenvalue weighted by Gasteiger charge is -2.37. The van der Waals surface area contributed by atoms with E-state index in [4.69, 9.17) is 9.84 Å². The Morgan fingerprint density at radius 1 is 1.53 bits per heavy atom. The van der Waals surface area contributed by atoms with Crippen LogP contribution >= 0.6 is 0 Å². The smallest absolute Gasteiger partial charge is 0.311 e. The molecule has 0 aromatic carbocycles. The molecule has 1 heterocycles. The standard InChI is InChI=1S/C10H17NO4/c1-10(9(13)14)4-3-5-11(7-10)8(12)6-15-2/h3-7H2,1-2H3,(H,13,14)/t10-/m0/s1. The minimum absolute atomic E-state index is 0.0235. The lowest BCUT2D eigenvalue weighted by molar-refractivity contribution is -0.154. The highest BCUT2D eigenvalue weighted by Crippen LogP contribution is 2.29. The van der Waals surface area contributed by atoms with Crippen LogP contribution in [0.25, 0.3) is 0 Å². The topological polar surface area (TPSA) is 66.8 Å². The lowest BCUT2D eigenvalue weighted by atomic mass is 9.82. The average molecular weight is 215 g/mol. The van der Waals surface area contributed by atoms with Gasteiger partial charge < -0.3 is 14.7 Å². The summed E-state index contributed by atoms with van der Waals surface area (Å²) in [6, 6.07) is 0. The maximum Gasteiger partial charge on any atom is 0.311 e. The number of piperidine rings is 1. The second-order valence-electron chi connectivity index (χ2n) is 4.22. The van der Waals surface area contributed by atoms with E-state index in [0.29, 0.717) is 13.0 Å². The number of rotatable bonds is 3. The van der Waals surface area contributed by atoms with Crippen molar-refractivity contribution in [1.29, 1.82) is 0 Å². The Bertz CT molecular complexity index is 266. The van der Waals surface area contributed by atoms with Crippen LogP contribution in [0.2, 0.25) is 0 Å². The van der Waals surface area contributed by atoms with E-state index in [1.54, 1.807) is 11.8 Å². The molecule has 5 nitrogen and oxygen atoms in total. The third-order valence-electron chi connectivity index (χ3n) is 2.83. The molecule has 86 valence electrons. The van der Waals surface area contributed by atoms with E-state index < -0.39 is 11.4 Å². The predicted octanol–water partition coefficient (Wildman–Crippen LogP) is 0.346.